The van der Waals surface area contributed by atoms with Gasteiger partial charge in [-0.3, -0.25) is 0 Å². The third-order valence-corrected chi connectivity index (χ3v) is 4.72. The lowest BCUT2D eigenvalue weighted by atomic mass is 10.1. The standard InChI is InChI=1S/C20H25ClN2O/c1-16-13-18(7-10-23-11-8-22-9-12-23)14-19(21)20(16)24-15-17-5-3-2-4-6-17/h2-6,13-14,22H,7-12,15H2,1H3. The Kier molecular flexibility index (Phi) is 6.13. The molecule has 0 spiro atoms. The van der Waals surface area contributed by atoms with Crippen LogP contribution in [0.1, 0.15) is 16.7 Å². The van der Waals surface area contributed by atoms with E-state index in [-0.39, 0.29) is 0 Å². The van der Waals surface area contributed by atoms with Crippen LogP contribution in [-0.4, -0.2) is 37.6 Å². The fourth-order valence-electron chi connectivity index (χ4n) is 3.08. The van der Waals surface area contributed by atoms with Gasteiger partial charge >= 0.3 is 0 Å². The van der Waals surface area contributed by atoms with E-state index in [4.69, 9.17) is 16.3 Å². The molecular formula is C20H25ClN2O. The molecule has 4 heteroatoms. The van der Waals surface area contributed by atoms with Crippen LogP contribution in [0, 0.1) is 6.92 Å². The number of halogens is 1. The third kappa shape index (κ3) is 4.73. The number of aryl methyl sites for hydroxylation is 1. The Balaban J connectivity index is 1.60. The lowest BCUT2D eigenvalue weighted by Gasteiger charge is -2.27. The lowest BCUT2D eigenvalue weighted by Crippen LogP contribution is -2.44. The van der Waals surface area contributed by atoms with Gasteiger partial charge in [-0.15, -0.1) is 0 Å². The summed E-state index contributed by atoms with van der Waals surface area (Å²) >= 11 is 6.47. The van der Waals surface area contributed by atoms with Crippen molar-refractivity contribution in [2.45, 2.75) is 20.0 Å². The van der Waals surface area contributed by atoms with Crippen LogP contribution in [0.5, 0.6) is 5.75 Å². The van der Waals surface area contributed by atoms with E-state index in [2.05, 4.69) is 41.4 Å². The molecule has 24 heavy (non-hydrogen) atoms. The highest BCUT2D eigenvalue weighted by Gasteiger charge is 2.12. The van der Waals surface area contributed by atoms with Crippen LogP contribution in [0.3, 0.4) is 0 Å². The summed E-state index contributed by atoms with van der Waals surface area (Å²) in [5, 5.41) is 4.10. The number of hydrogen-bond acceptors (Lipinski definition) is 3. The first-order chi connectivity index (χ1) is 11.7. The molecule has 0 unspecified atom stereocenters. The molecule has 1 aliphatic heterocycles. The van der Waals surface area contributed by atoms with Crippen molar-refractivity contribution in [3.8, 4) is 5.75 Å². The van der Waals surface area contributed by atoms with Crippen LogP contribution < -0.4 is 10.1 Å². The van der Waals surface area contributed by atoms with Gasteiger partial charge in [-0.2, -0.15) is 0 Å². The number of nitrogens with zero attached hydrogens (tertiary/aromatic N) is 1. The van der Waals surface area contributed by atoms with Crippen molar-refractivity contribution in [2.75, 3.05) is 32.7 Å². The van der Waals surface area contributed by atoms with Crippen LogP contribution in [-0.2, 0) is 13.0 Å². The van der Waals surface area contributed by atoms with Crippen LogP contribution in [0.15, 0.2) is 42.5 Å². The molecule has 1 saturated heterocycles. The molecule has 0 atom stereocenters. The Morgan fingerprint density at radius 3 is 2.54 bits per heavy atom. The monoisotopic (exact) mass is 344 g/mol. The average molecular weight is 345 g/mol. The number of ether oxygens (including phenoxy) is 1. The Morgan fingerprint density at radius 2 is 1.83 bits per heavy atom. The second kappa shape index (κ2) is 8.52. The second-order valence-electron chi connectivity index (χ2n) is 6.34. The molecule has 3 rings (SSSR count). The summed E-state index contributed by atoms with van der Waals surface area (Å²) in [6.45, 7) is 8.14. The fraction of sp³-hybridized carbons (Fsp3) is 0.400. The molecule has 1 N–H and O–H groups in total. The first-order valence-electron chi connectivity index (χ1n) is 8.61. The van der Waals surface area contributed by atoms with Gasteiger partial charge in [0, 0.05) is 32.7 Å². The van der Waals surface area contributed by atoms with Gasteiger partial charge in [-0.05, 0) is 36.1 Å². The fourth-order valence-corrected chi connectivity index (χ4v) is 3.42. The van der Waals surface area contributed by atoms with Gasteiger partial charge in [0.2, 0.25) is 0 Å². The average Bonchev–Trinajstić information content (AvgIpc) is 2.61. The maximum atomic E-state index is 6.47. The Morgan fingerprint density at radius 1 is 1.08 bits per heavy atom. The largest absolute Gasteiger partial charge is 0.487 e. The van der Waals surface area contributed by atoms with Crippen molar-refractivity contribution < 1.29 is 4.74 Å². The van der Waals surface area contributed by atoms with Gasteiger partial charge in [-0.1, -0.05) is 48.0 Å². The van der Waals surface area contributed by atoms with E-state index in [0.717, 1.165) is 56.0 Å². The molecule has 0 aromatic heterocycles. The third-order valence-electron chi connectivity index (χ3n) is 4.44. The van der Waals surface area contributed by atoms with E-state index >= 15 is 0 Å². The Hall–Kier alpha value is -1.55. The molecule has 0 aliphatic carbocycles. The molecule has 2 aromatic carbocycles. The minimum absolute atomic E-state index is 0.543. The summed E-state index contributed by atoms with van der Waals surface area (Å²) in [6, 6.07) is 14.4. The summed E-state index contributed by atoms with van der Waals surface area (Å²) in [5.41, 5.74) is 3.53. The van der Waals surface area contributed by atoms with Gasteiger partial charge in [0.25, 0.3) is 0 Å². The molecule has 1 heterocycles. The van der Waals surface area contributed by atoms with Crippen LogP contribution in [0.4, 0.5) is 0 Å². The first-order valence-corrected chi connectivity index (χ1v) is 8.99. The van der Waals surface area contributed by atoms with E-state index in [1.165, 1.54) is 5.56 Å². The number of benzene rings is 2. The molecule has 2 aromatic rings. The topological polar surface area (TPSA) is 24.5 Å². The molecule has 0 amide bonds. The highest BCUT2D eigenvalue weighted by atomic mass is 35.5. The highest BCUT2D eigenvalue weighted by molar-refractivity contribution is 6.32. The number of rotatable bonds is 6. The smallest absolute Gasteiger partial charge is 0.141 e. The van der Waals surface area contributed by atoms with Crippen LogP contribution in [0.25, 0.3) is 0 Å². The van der Waals surface area contributed by atoms with E-state index in [1.54, 1.807) is 0 Å². The highest BCUT2D eigenvalue weighted by Crippen LogP contribution is 2.31. The summed E-state index contributed by atoms with van der Waals surface area (Å²) < 4.78 is 5.95. The number of piperazine rings is 1. The SMILES string of the molecule is Cc1cc(CCN2CCNCC2)cc(Cl)c1OCc1ccccc1. The zero-order valence-corrected chi connectivity index (χ0v) is 15.0. The molecule has 0 saturated carbocycles. The van der Waals surface area contributed by atoms with Crippen molar-refractivity contribution in [1.82, 2.24) is 10.2 Å². The molecular weight excluding hydrogens is 320 g/mol. The van der Waals surface area contributed by atoms with Gasteiger partial charge in [0.15, 0.2) is 0 Å². The van der Waals surface area contributed by atoms with Crippen molar-refractivity contribution >= 4 is 11.6 Å². The normalized spacial score (nSPS) is 15.4. The van der Waals surface area contributed by atoms with Crippen molar-refractivity contribution in [1.29, 1.82) is 0 Å². The summed E-state index contributed by atoms with van der Waals surface area (Å²) in [4.78, 5) is 2.50. The Bertz CT molecular complexity index is 631. The van der Waals surface area contributed by atoms with E-state index < -0.39 is 0 Å². The van der Waals surface area contributed by atoms with Gasteiger partial charge in [0.1, 0.15) is 12.4 Å². The minimum atomic E-state index is 0.543. The van der Waals surface area contributed by atoms with Crippen molar-refractivity contribution in [3.05, 3.63) is 64.2 Å². The maximum Gasteiger partial charge on any atom is 0.141 e. The summed E-state index contributed by atoms with van der Waals surface area (Å²) in [6.07, 6.45) is 1.03. The zero-order chi connectivity index (χ0) is 16.8. The van der Waals surface area contributed by atoms with E-state index in [0.29, 0.717) is 11.6 Å². The van der Waals surface area contributed by atoms with Gasteiger partial charge in [0.05, 0.1) is 5.02 Å². The van der Waals surface area contributed by atoms with E-state index in [9.17, 15) is 0 Å². The zero-order valence-electron chi connectivity index (χ0n) is 14.2. The molecule has 0 bridgehead atoms. The predicted molar refractivity (Wildman–Crippen MR) is 100.0 cm³/mol. The minimum Gasteiger partial charge on any atom is -0.487 e. The van der Waals surface area contributed by atoms with Gasteiger partial charge < -0.3 is 15.0 Å². The Labute approximate surface area is 149 Å². The summed E-state index contributed by atoms with van der Waals surface area (Å²) in [5.74, 6) is 0.798. The van der Waals surface area contributed by atoms with Crippen molar-refractivity contribution in [3.63, 3.8) is 0 Å². The van der Waals surface area contributed by atoms with Crippen molar-refractivity contribution in [2.24, 2.45) is 0 Å². The molecule has 1 aliphatic rings. The molecule has 1 fully saturated rings. The van der Waals surface area contributed by atoms with Crippen LogP contribution in [0.2, 0.25) is 5.02 Å². The molecule has 128 valence electrons. The van der Waals surface area contributed by atoms with E-state index in [1.807, 2.05) is 18.2 Å². The predicted octanol–water partition coefficient (Wildman–Crippen LogP) is 3.68. The quantitative estimate of drug-likeness (QED) is 0.865. The molecule has 0 radical (unpaired) electrons. The number of hydrogen-bond donors (Lipinski definition) is 1. The number of nitrogens with one attached hydrogen (secondary N) is 1. The lowest BCUT2D eigenvalue weighted by molar-refractivity contribution is 0.244. The second-order valence-corrected chi connectivity index (χ2v) is 6.75. The summed E-state index contributed by atoms with van der Waals surface area (Å²) in [7, 11) is 0. The van der Waals surface area contributed by atoms with Crippen LogP contribution >= 0.6 is 11.6 Å². The maximum absolute atomic E-state index is 6.47. The molecule has 3 nitrogen and oxygen atoms in total. The first kappa shape index (κ1) is 17.3. The van der Waals surface area contributed by atoms with Gasteiger partial charge in [-0.25, -0.2) is 0 Å².